The van der Waals surface area contributed by atoms with Crippen LogP contribution in [0.5, 0.6) is 0 Å². The quantitative estimate of drug-likeness (QED) is 0.555. The highest BCUT2D eigenvalue weighted by atomic mass is 32.2. The molecular formula is C19H21NO6S. The van der Waals surface area contributed by atoms with Crippen LogP contribution in [0, 0.1) is 13.8 Å². The van der Waals surface area contributed by atoms with Crippen molar-refractivity contribution in [3.05, 3.63) is 53.0 Å². The average molecular weight is 391 g/mol. The van der Waals surface area contributed by atoms with E-state index in [4.69, 9.17) is 9.15 Å². The van der Waals surface area contributed by atoms with E-state index >= 15 is 0 Å². The van der Waals surface area contributed by atoms with Crippen LogP contribution in [-0.4, -0.2) is 44.2 Å². The molecule has 2 heterocycles. The lowest BCUT2D eigenvalue weighted by Crippen LogP contribution is -2.27. The third-order valence-corrected chi connectivity index (χ3v) is 6.39. The number of aryl methyl sites for hydroxylation is 2. The van der Waals surface area contributed by atoms with Gasteiger partial charge in [-0.05, 0) is 57.0 Å². The third kappa shape index (κ3) is 4.12. The molecule has 1 aliphatic heterocycles. The fourth-order valence-electron chi connectivity index (χ4n) is 3.02. The van der Waals surface area contributed by atoms with Crippen LogP contribution in [0.15, 0.2) is 39.6 Å². The fourth-order valence-corrected chi connectivity index (χ4v) is 4.53. The molecule has 0 spiro atoms. The Balaban J connectivity index is 1.64. The number of hydrogen-bond acceptors (Lipinski definition) is 6. The molecule has 0 bridgehead atoms. The Bertz CT molecular complexity index is 953. The van der Waals surface area contributed by atoms with Gasteiger partial charge in [-0.2, -0.15) is 4.31 Å². The lowest BCUT2D eigenvalue weighted by Gasteiger charge is -2.15. The van der Waals surface area contributed by atoms with Crippen LogP contribution in [0.4, 0.5) is 0 Å². The zero-order valence-corrected chi connectivity index (χ0v) is 16.0. The Kier molecular flexibility index (Phi) is 5.48. The largest absolute Gasteiger partial charge is 0.466 e. The molecular weight excluding hydrogens is 370 g/mol. The van der Waals surface area contributed by atoms with Crippen LogP contribution in [0.1, 0.15) is 45.1 Å². The number of sulfonamides is 1. The number of carbonyl (C=O) groups is 2. The minimum Gasteiger partial charge on any atom is -0.466 e. The highest BCUT2D eigenvalue weighted by Crippen LogP contribution is 2.21. The molecule has 8 heteroatoms. The van der Waals surface area contributed by atoms with E-state index in [1.54, 1.807) is 19.9 Å². The van der Waals surface area contributed by atoms with Gasteiger partial charge in [0.2, 0.25) is 10.0 Å². The Labute approximate surface area is 158 Å². The predicted octanol–water partition coefficient (Wildman–Crippen LogP) is 2.72. The maximum absolute atomic E-state index is 12.5. The number of carbonyl (C=O) groups excluding carboxylic acids is 2. The van der Waals surface area contributed by atoms with E-state index in [9.17, 15) is 18.0 Å². The molecule has 0 saturated carbocycles. The van der Waals surface area contributed by atoms with E-state index in [1.165, 1.54) is 28.6 Å². The standard InChI is InChI=1S/C19H21NO6S/c1-13-11-17(14(2)26-13)19(22)25-12-18(21)15-5-7-16(8-6-15)27(23,24)20-9-3-4-10-20/h5-8,11H,3-4,9-10,12H2,1-2H3. The van der Waals surface area contributed by atoms with Crippen molar-refractivity contribution >= 4 is 21.8 Å². The maximum Gasteiger partial charge on any atom is 0.342 e. The second-order valence-corrected chi connectivity index (χ2v) is 8.40. The summed E-state index contributed by atoms with van der Waals surface area (Å²) in [5.41, 5.74) is 0.565. The lowest BCUT2D eigenvalue weighted by molar-refractivity contribution is 0.0473. The van der Waals surface area contributed by atoms with Crippen LogP contribution >= 0.6 is 0 Å². The normalized spacial score (nSPS) is 15.0. The summed E-state index contributed by atoms with van der Waals surface area (Å²) >= 11 is 0. The summed E-state index contributed by atoms with van der Waals surface area (Å²) in [6.45, 7) is 3.97. The summed E-state index contributed by atoms with van der Waals surface area (Å²) in [4.78, 5) is 24.4. The first kappa shape index (κ1) is 19.3. The van der Waals surface area contributed by atoms with E-state index in [2.05, 4.69) is 0 Å². The molecule has 7 nitrogen and oxygen atoms in total. The van der Waals surface area contributed by atoms with Crippen molar-refractivity contribution in [3.8, 4) is 0 Å². The number of furan rings is 1. The van der Waals surface area contributed by atoms with Gasteiger partial charge in [-0.3, -0.25) is 4.79 Å². The van der Waals surface area contributed by atoms with Gasteiger partial charge < -0.3 is 9.15 Å². The van der Waals surface area contributed by atoms with E-state index in [0.717, 1.165) is 12.8 Å². The van der Waals surface area contributed by atoms with Gasteiger partial charge in [-0.1, -0.05) is 0 Å². The summed E-state index contributed by atoms with van der Waals surface area (Å²) in [7, 11) is -3.52. The Morgan fingerprint density at radius 2 is 1.74 bits per heavy atom. The average Bonchev–Trinajstić information content (AvgIpc) is 3.29. The minimum absolute atomic E-state index is 0.155. The number of ether oxygens (including phenoxy) is 1. The molecule has 27 heavy (non-hydrogen) atoms. The van der Waals surface area contributed by atoms with Crippen molar-refractivity contribution in [3.63, 3.8) is 0 Å². The van der Waals surface area contributed by atoms with Gasteiger partial charge in [0.05, 0.1) is 4.90 Å². The topological polar surface area (TPSA) is 93.9 Å². The van der Waals surface area contributed by atoms with Crippen LogP contribution in [0.25, 0.3) is 0 Å². The number of esters is 1. The SMILES string of the molecule is Cc1cc(C(=O)OCC(=O)c2ccc(S(=O)(=O)N3CCCC3)cc2)c(C)o1. The molecule has 0 radical (unpaired) electrons. The number of rotatable bonds is 6. The van der Waals surface area contributed by atoms with E-state index in [1.807, 2.05) is 0 Å². The highest BCUT2D eigenvalue weighted by Gasteiger charge is 2.27. The number of nitrogens with zero attached hydrogens (tertiary/aromatic N) is 1. The number of benzene rings is 1. The number of hydrogen-bond donors (Lipinski definition) is 0. The van der Waals surface area contributed by atoms with Gasteiger partial charge >= 0.3 is 5.97 Å². The second kappa shape index (κ2) is 7.66. The molecule has 0 atom stereocenters. The first-order chi connectivity index (χ1) is 12.8. The van der Waals surface area contributed by atoms with E-state index < -0.39 is 28.4 Å². The van der Waals surface area contributed by atoms with Crippen LogP contribution in [0.2, 0.25) is 0 Å². The molecule has 2 aromatic rings. The van der Waals surface area contributed by atoms with Crippen molar-refractivity contribution in [1.82, 2.24) is 4.31 Å². The summed E-state index contributed by atoms with van der Waals surface area (Å²) in [5.74, 6) is -0.0285. The lowest BCUT2D eigenvalue weighted by atomic mass is 10.1. The fraction of sp³-hybridized carbons (Fsp3) is 0.368. The number of ketones is 1. The minimum atomic E-state index is -3.52. The zero-order chi connectivity index (χ0) is 19.6. The maximum atomic E-state index is 12.5. The highest BCUT2D eigenvalue weighted by molar-refractivity contribution is 7.89. The van der Waals surface area contributed by atoms with Gasteiger partial charge in [0.25, 0.3) is 0 Å². The summed E-state index contributed by atoms with van der Waals surface area (Å²) in [6, 6.07) is 7.25. The molecule has 1 saturated heterocycles. The Morgan fingerprint density at radius 1 is 1.11 bits per heavy atom. The summed E-state index contributed by atoms with van der Waals surface area (Å²) < 4.78 is 36.7. The van der Waals surface area contributed by atoms with Crippen LogP contribution in [0.3, 0.4) is 0 Å². The van der Waals surface area contributed by atoms with Crippen molar-refractivity contribution in [2.24, 2.45) is 0 Å². The number of Topliss-reactive ketones (excluding diaryl/α,β-unsaturated/α-hetero) is 1. The molecule has 1 aliphatic rings. The molecule has 0 aliphatic carbocycles. The monoisotopic (exact) mass is 391 g/mol. The van der Waals surface area contributed by atoms with Gasteiger partial charge in [0.1, 0.15) is 17.1 Å². The molecule has 3 rings (SSSR count). The van der Waals surface area contributed by atoms with Crippen molar-refractivity contribution in [1.29, 1.82) is 0 Å². The molecule has 1 aromatic heterocycles. The summed E-state index contributed by atoms with van der Waals surface area (Å²) in [6.07, 6.45) is 1.72. The molecule has 0 unspecified atom stereocenters. The Hall–Kier alpha value is -2.45. The van der Waals surface area contributed by atoms with Crippen LogP contribution < -0.4 is 0 Å². The van der Waals surface area contributed by atoms with Gasteiger partial charge in [-0.15, -0.1) is 0 Å². The van der Waals surface area contributed by atoms with Gasteiger partial charge in [-0.25, -0.2) is 13.2 Å². The summed E-state index contributed by atoms with van der Waals surface area (Å²) in [5, 5.41) is 0. The zero-order valence-electron chi connectivity index (χ0n) is 15.2. The first-order valence-corrected chi connectivity index (χ1v) is 10.1. The van der Waals surface area contributed by atoms with Crippen LogP contribution in [-0.2, 0) is 14.8 Å². The van der Waals surface area contributed by atoms with Gasteiger partial charge in [0.15, 0.2) is 12.4 Å². The van der Waals surface area contributed by atoms with Gasteiger partial charge in [0, 0.05) is 18.7 Å². The molecule has 1 fully saturated rings. The smallest absolute Gasteiger partial charge is 0.342 e. The first-order valence-electron chi connectivity index (χ1n) is 8.66. The van der Waals surface area contributed by atoms with E-state index in [0.29, 0.717) is 24.6 Å². The van der Waals surface area contributed by atoms with E-state index in [-0.39, 0.29) is 16.0 Å². The van der Waals surface area contributed by atoms with Crippen molar-refractivity contribution < 1.29 is 27.2 Å². The predicted molar refractivity (Wildman–Crippen MR) is 97.2 cm³/mol. The molecule has 0 amide bonds. The third-order valence-electron chi connectivity index (χ3n) is 4.47. The van der Waals surface area contributed by atoms with Crippen molar-refractivity contribution in [2.45, 2.75) is 31.6 Å². The molecule has 0 N–H and O–H groups in total. The van der Waals surface area contributed by atoms with Crippen molar-refractivity contribution in [2.75, 3.05) is 19.7 Å². The molecule has 144 valence electrons. The Morgan fingerprint density at radius 3 is 2.30 bits per heavy atom. The second-order valence-electron chi connectivity index (χ2n) is 6.46. The molecule has 1 aromatic carbocycles.